The number of carbonyl (C=O) groups excluding carboxylic acids is 1. The van der Waals surface area contributed by atoms with Crippen LogP contribution in [0.25, 0.3) is 0 Å². The van der Waals surface area contributed by atoms with Crippen LogP contribution in [0.3, 0.4) is 0 Å². The number of quaternary nitrogens is 1. The number of fused-ring (bicyclic) bond motifs is 1. The average molecular weight is 427 g/mol. The van der Waals surface area contributed by atoms with Gasteiger partial charge < -0.3 is 25.0 Å². The first kappa shape index (κ1) is 22.9. The van der Waals surface area contributed by atoms with E-state index in [9.17, 15) is 4.79 Å². The number of ether oxygens (including phenoxy) is 2. The molecule has 168 valence electrons. The molecule has 6 heteroatoms. The Labute approximate surface area is 185 Å². The van der Waals surface area contributed by atoms with Crippen molar-refractivity contribution in [1.29, 1.82) is 0 Å². The number of benzene rings is 2. The number of rotatable bonds is 7. The van der Waals surface area contributed by atoms with E-state index >= 15 is 0 Å². The Kier molecular flexibility index (Phi) is 7.44. The summed E-state index contributed by atoms with van der Waals surface area (Å²) in [7, 11) is 3.33. The number of hydrogen-bond acceptors (Lipinski definition) is 3. The first-order valence-corrected chi connectivity index (χ1v) is 11.0. The Hall–Kier alpha value is -2.73. The summed E-state index contributed by atoms with van der Waals surface area (Å²) in [6, 6.07) is 12.9. The molecular formula is C25H36N3O3+. The minimum atomic E-state index is -0.134. The molecule has 0 radical (unpaired) electrons. The molecule has 2 aromatic rings. The van der Waals surface area contributed by atoms with Gasteiger partial charge in [-0.05, 0) is 45.4 Å². The lowest BCUT2D eigenvalue weighted by Gasteiger charge is -2.38. The van der Waals surface area contributed by atoms with E-state index in [2.05, 4.69) is 60.9 Å². The molecule has 3 N–H and O–H groups in total. The Morgan fingerprint density at radius 1 is 1.06 bits per heavy atom. The zero-order chi connectivity index (χ0) is 22.5. The van der Waals surface area contributed by atoms with Gasteiger partial charge in [0.1, 0.15) is 12.6 Å². The van der Waals surface area contributed by atoms with Crippen LogP contribution in [0, 0.1) is 6.92 Å². The monoisotopic (exact) mass is 426 g/mol. The third-order valence-corrected chi connectivity index (χ3v) is 5.97. The zero-order valence-electron chi connectivity index (χ0n) is 19.5. The summed E-state index contributed by atoms with van der Waals surface area (Å²) in [6.07, 6.45) is 0.957. The van der Waals surface area contributed by atoms with Crippen molar-refractivity contribution in [2.24, 2.45) is 0 Å². The Bertz CT molecular complexity index is 896. The fourth-order valence-electron chi connectivity index (χ4n) is 4.50. The number of aryl methyl sites for hydroxylation is 1. The van der Waals surface area contributed by atoms with E-state index in [1.807, 2.05) is 13.8 Å². The van der Waals surface area contributed by atoms with Gasteiger partial charge in [0.25, 0.3) is 0 Å². The number of hydrogen-bond donors (Lipinski definition) is 3. The number of urea groups is 1. The molecule has 0 saturated carbocycles. The molecule has 6 nitrogen and oxygen atoms in total. The van der Waals surface area contributed by atoms with E-state index in [4.69, 9.17) is 9.47 Å². The minimum Gasteiger partial charge on any atom is -0.493 e. The maximum absolute atomic E-state index is 12.5. The molecule has 0 bridgehead atoms. The lowest BCUT2D eigenvalue weighted by atomic mass is 9.87. The van der Waals surface area contributed by atoms with Crippen LogP contribution in [0.2, 0.25) is 0 Å². The van der Waals surface area contributed by atoms with Gasteiger partial charge in [0.2, 0.25) is 0 Å². The van der Waals surface area contributed by atoms with E-state index in [1.165, 1.54) is 27.2 Å². The summed E-state index contributed by atoms with van der Waals surface area (Å²) < 4.78 is 11.1. The van der Waals surface area contributed by atoms with Gasteiger partial charge in [0, 0.05) is 23.6 Å². The Morgan fingerprint density at radius 3 is 2.32 bits per heavy atom. The van der Waals surface area contributed by atoms with Gasteiger partial charge in [0.05, 0.1) is 26.8 Å². The second-order valence-electron chi connectivity index (χ2n) is 8.77. The van der Waals surface area contributed by atoms with Crippen molar-refractivity contribution in [2.45, 2.75) is 58.8 Å². The zero-order valence-corrected chi connectivity index (χ0v) is 19.5. The van der Waals surface area contributed by atoms with Crippen molar-refractivity contribution in [3.8, 4) is 11.5 Å². The van der Waals surface area contributed by atoms with Crippen molar-refractivity contribution in [2.75, 3.05) is 20.8 Å². The standard InChI is InChI=1S/C25H35N3O3/c1-16(2)26-25(29)27-18(4)24-21-14-23(31-6)22(30-5)13-20(21)11-12-28(24)15-19-9-7-17(3)8-10-19/h7-10,13-14,16,18,24H,11-12,15H2,1-6H3,(H2,26,27,29)/p+1/t18-,24-/m1/s1. The molecule has 1 aliphatic rings. The van der Waals surface area contributed by atoms with Crippen molar-refractivity contribution in [3.05, 3.63) is 58.7 Å². The molecule has 2 aromatic carbocycles. The number of nitrogens with one attached hydrogen (secondary N) is 3. The number of amides is 2. The molecule has 1 aliphatic heterocycles. The summed E-state index contributed by atoms with van der Waals surface area (Å²) in [5, 5.41) is 6.11. The highest BCUT2D eigenvalue weighted by molar-refractivity contribution is 5.74. The normalized spacial score (nSPS) is 18.8. The maximum Gasteiger partial charge on any atom is 0.315 e. The van der Waals surface area contributed by atoms with Crippen molar-refractivity contribution in [3.63, 3.8) is 0 Å². The summed E-state index contributed by atoms with van der Waals surface area (Å²) in [5.41, 5.74) is 5.03. The molecule has 0 spiro atoms. The van der Waals surface area contributed by atoms with Crippen LogP contribution in [0.5, 0.6) is 11.5 Å². The van der Waals surface area contributed by atoms with Crippen molar-refractivity contribution < 1.29 is 19.2 Å². The Balaban J connectivity index is 1.95. The molecule has 0 aliphatic carbocycles. The van der Waals surface area contributed by atoms with E-state index in [-0.39, 0.29) is 24.2 Å². The quantitative estimate of drug-likeness (QED) is 0.638. The maximum atomic E-state index is 12.5. The third kappa shape index (κ3) is 5.50. The lowest BCUT2D eigenvalue weighted by Crippen LogP contribution is -3.13. The first-order chi connectivity index (χ1) is 14.8. The summed E-state index contributed by atoms with van der Waals surface area (Å²) >= 11 is 0. The van der Waals surface area contributed by atoms with Crippen molar-refractivity contribution >= 4 is 6.03 Å². The highest BCUT2D eigenvalue weighted by Crippen LogP contribution is 2.35. The topological polar surface area (TPSA) is 64.0 Å². The highest BCUT2D eigenvalue weighted by atomic mass is 16.5. The van der Waals surface area contributed by atoms with Crippen LogP contribution >= 0.6 is 0 Å². The smallest absolute Gasteiger partial charge is 0.315 e. The second-order valence-corrected chi connectivity index (χ2v) is 8.77. The van der Waals surface area contributed by atoms with Crippen LogP contribution in [0.15, 0.2) is 36.4 Å². The molecule has 3 atom stereocenters. The highest BCUT2D eigenvalue weighted by Gasteiger charge is 2.37. The minimum absolute atomic E-state index is 0.0589. The lowest BCUT2D eigenvalue weighted by molar-refractivity contribution is -0.948. The van der Waals surface area contributed by atoms with Crippen LogP contribution in [0.1, 0.15) is 49.1 Å². The molecule has 0 fully saturated rings. The van der Waals surface area contributed by atoms with Gasteiger partial charge >= 0.3 is 6.03 Å². The van der Waals surface area contributed by atoms with Gasteiger partial charge in [-0.2, -0.15) is 0 Å². The van der Waals surface area contributed by atoms with Crippen LogP contribution in [-0.2, 0) is 13.0 Å². The summed E-state index contributed by atoms with van der Waals surface area (Å²) in [6.45, 7) is 10.0. The molecule has 2 amide bonds. The molecular weight excluding hydrogens is 390 g/mol. The summed E-state index contributed by atoms with van der Waals surface area (Å²) in [5.74, 6) is 1.47. The largest absolute Gasteiger partial charge is 0.493 e. The van der Waals surface area contributed by atoms with Gasteiger partial charge in [-0.15, -0.1) is 0 Å². The first-order valence-electron chi connectivity index (χ1n) is 11.0. The number of methoxy groups -OCH3 is 2. The van der Waals surface area contributed by atoms with E-state index in [0.29, 0.717) is 0 Å². The average Bonchev–Trinajstić information content (AvgIpc) is 2.73. The molecule has 1 unspecified atom stereocenters. The number of carbonyl (C=O) groups is 1. The predicted molar refractivity (Wildman–Crippen MR) is 123 cm³/mol. The predicted octanol–water partition coefficient (Wildman–Crippen LogP) is 2.79. The molecule has 3 rings (SSSR count). The fraction of sp³-hybridized carbons (Fsp3) is 0.480. The van der Waals surface area contributed by atoms with Crippen LogP contribution < -0.4 is 25.0 Å². The SMILES string of the molecule is COc1cc2c(cc1OC)[C@@H]([C@@H](C)NC(=O)NC(C)C)[NH+](Cc1ccc(C)cc1)CC2. The van der Waals surface area contributed by atoms with E-state index < -0.39 is 0 Å². The van der Waals surface area contributed by atoms with Gasteiger partial charge in [-0.3, -0.25) is 0 Å². The van der Waals surface area contributed by atoms with Crippen LogP contribution in [-0.4, -0.2) is 38.9 Å². The molecule has 31 heavy (non-hydrogen) atoms. The molecule has 0 aromatic heterocycles. The van der Waals surface area contributed by atoms with Gasteiger partial charge in [0.15, 0.2) is 11.5 Å². The summed E-state index contributed by atoms with van der Waals surface area (Å²) in [4.78, 5) is 13.9. The van der Waals surface area contributed by atoms with Gasteiger partial charge in [-0.1, -0.05) is 29.8 Å². The molecule has 1 heterocycles. The van der Waals surface area contributed by atoms with Crippen LogP contribution in [0.4, 0.5) is 4.79 Å². The van der Waals surface area contributed by atoms with E-state index in [1.54, 1.807) is 14.2 Å². The van der Waals surface area contributed by atoms with Crippen molar-refractivity contribution in [1.82, 2.24) is 10.6 Å². The second kappa shape index (κ2) is 10.1. The van der Waals surface area contributed by atoms with Gasteiger partial charge in [-0.25, -0.2) is 4.79 Å². The fourth-order valence-corrected chi connectivity index (χ4v) is 4.50. The van der Waals surface area contributed by atoms with E-state index in [0.717, 1.165) is 31.0 Å². The third-order valence-electron chi connectivity index (χ3n) is 5.97. The Morgan fingerprint density at radius 2 is 1.71 bits per heavy atom. The molecule has 0 saturated heterocycles.